The summed E-state index contributed by atoms with van der Waals surface area (Å²) in [6.07, 6.45) is 0. The van der Waals surface area contributed by atoms with Crippen LogP contribution in [0.5, 0.6) is 0 Å². The van der Waals surface area contributed by atoms with Gasteiger partial charge in [-0.05, 0) is 12.1 Å². The zero-order chi connectivity index (χ0) is 10.1. The fourth-order valence-corrected chi connectivity index (χ4v) is 1.79. The monoisotopic (exact) mass is 211 g/mol. The smallest absolute Gasteiger partial charge is 0.326 e. The van der Waals surface area contributed by atoms with Crippen molar-refractivity contribution < 1.29 is 0 Å². The molecule has 0 fully saturated rings. The van der Waals surface area contributed by atoms with Crippen LogP contribution >= 0.6 is 11.6 Å². The lowest BCUT2D eigenvalue weighted by Gasteiger charge is -2.01. The first-order valence-electron chi connectivity index (χ1n) is 4.31. The van der Waals surface area contributed by atoms with Crippen molar-refractivity contribution >= 4 is 22.6 Å². The third kappa shape index (κ3) is 1.32. The van der Waals surface area contributed by atoms with Crippen molar-refractivity contribution in [3.05, 3.63) is 33.7 Å². The highest BCUT2D eigenvalue weighted by Gasteiger charge is 2.08. The average molecular weight is 212 g/mol. The molecule has 1 aromatic heterocycles. The average Bonchev–Trinajstić information content (AvgIpc) is 2.45. The number of nitrogens with zero attached hydrogens (tertiary/aromatic N) is 1. The molecule has 0 aliphatic heterocycles. The molecule has 0 amide bonds. The lowest BCUT2D eigenvalue weighted by Crippen LogP contribution is -2.21. The summed E-state index contributed by atoms with van der Waals surface area (Å²) < 4.78 is 1.55. The van der Waals surface area contributed by atoms with E-state index in [-0.39, 0.29) is 5.69 Å². The van der Waals surface area contributed by atoms with Crippen LogP contribution in [0, 0.1) is 0 Å². The molecule has 0 aliphatic rings. The Morgan fingerprint density at radius 2 is 2.29 bits per heavy atom. The maximum atomic E-state index is 11.5. The fraction of sp³-hybridized carbons (Fsp3) is 0.222. The summed E-state index contributed by atoms with van der Waals surface area (Å²) in [6, 6.07) is 5.37. The van der Waals surface area contributed by atoms with Crippen LogP contribution in [-0.4, -0.2) is 16.1 Å². The number of para-hydroxylation sites is 1. The van der Waals surface area contributed by atoms with Crippen molar-refractivity contribution in [3.8, 4) is 0 Å². The zero-order valence-corrected chi connectivity index (χ0v) is 8.21. The van der Waals surface area contributed by atoms with E-state index in [2.05, 4.69) is 4.98 Å². The minimum atomic E-state index is -0.168. The van der Waals surface area contributed by atoms with Gasteiger partial charge in [-0.15, -0.1) is 0 Å². The van der Waals surface area contributed by atoms with Gasteiger partial charge in [0.1, 0.15) is 0 Å². The Labute approximate surface area is 85.3 Å². The molecule has 74 valence electrons. The fourth-order valence-electron chi connectivity index (χ4n) is 1.52. The Kier molecular flexibility index (Phi) is 2.31. The van der Waals surface area contributed by atoms with E-state index in [1.165, 1.54) is 0 Å². The Bertz CT molecular complexity index is 514. The number of nitrogens with one attached hydrogen (secondary N) is 1. The van der Waals surface area contributed by atoms with E-state index in [0.29, 0.717) is 18.1 Å². The molecule has 0 saturated heterocycles. The molecular weight excluding hydrogens is 202 g/mol. The Hall–Kier alpha value is -1.26. The first-order valence-corrected chi connectivity index (χ1v) is 4.69. The Morgan fingerprint density at radius 1 is 1.50 bits per heavy atom. The minimum Gasteiger partial charge on any atom is -0.329 e. The third-order valence-electron chi connectivity index (χ3n) is 2.10. The van der Waals surface area contributed by atoms with Crippen LogP contribution in [0.2, 0.25) is 5.02 Å². The highest BCUT2D eigenvalue weighted by atomic mass is 35.5. The second-order valence-corrected chi connectivity index (χ2v) is 3.41. The van der Waals surface area contributed by atoms with E-state index < -0.39 is 0 Å². The molecule has 5 heteroatoms. The lowest BCUT2D eigenvalue weighted by molar-refractivity contribution is 0.703. The number of benzene rings is 1. The normalized spacial score (nSPS) is 11.0. The molecule has 1 aromatic carbocycles. The van der Waals surface area contributed by atoms with E-state index in [0.717, 1.165) is 11.0 Å². The molecule has 3 N–H and O–H groups in total. The molecule has 14 heavy (non-hydrogen) atoms. The van der Waals surface area contributed by atoms with Crippen LogP contribution in [0.25, 0.3) is 11.0 Å². The first-order chi connectivity index (χ1) is 6.74. The van der Waals surface area contributed by atoms with Gasteiger partial charge in [-0.25, -0.2) is 4.79 Å². The maximum absolute atomic E-state index is 11.5. The molecule has 0 radical (unpaired) electrons. The van der Waals surface area contributed by atoms with Gasteiger partial charge < -0.3 is 10.7 Å². The third-order valence-corrected chi connectivity index (χ3v) is 2.40. The van der Waals surface area contributed by atoms with Crippen molar-refractivity contribution in [2.24, 2.45) is 5.73 Å². The standard InChI is InChI=1S/C9H10ClN3O/c10-6-2-1-3-7-8(6)13(5-4-11)9(14)12-7/h1-3H,4-5,11H2,(H,12,14). The predicted molar refractivity (Wildman–Crippen MR) is 56.6 cm³/mol. The molecule has 0 spiro atoms. The molecule has 0 saturated carbocycles. The largest absolute Gasteiger partial charge is 0.329 e. The van der Waals surface area contributed by atoms with Crippen LogP contribution in [0.4, 0.5) is 0 Å². The minimum absolute atomic E-state index is 0.168. The lowest BCUT2D eigenvalue weighted by atomic mass is 10.3. The zero-order valence-electron chi connectivity index (χ0n) is 7.46. The van der Waals surface area contributed by atoms with E-state index in [4.69, 9.17) is 17.3 Å². The summed E-state index contributed by atoms with van der Waals surface area (Å²) in [7, 11) is 0. The molecule has 0 aliphatic carbocycles. The molecule has 0 unspecified atom stereocenters. The summed E-state index contributed by atoms with van der Waals surface area (Å²) >= 11 is 5.99. The number of hydrogen-bond acceptors (Lipinski definition) is 2. The summed E-state index contributed by atoms with van der Waals surface area (Å²) in [5, 5.41) is 0.564. The number of fused-ring (bicyclic) bond motifs is 1. The molecule has 2 aromatic rings. The van der Waals surface area contributed by atoms with Crippen molar-refractivity contribution in [2.45, 2.75) is 6.54 Å². The van der Waals surface area contributed by atoms with Gasteiger partial charge in [-0.3, -0.25) is 4.57 Å². The van der Waals surface area contributed by atoms with E-state index >= 15 is 0 Å². The molecule has 1 heterocycles. The number of H-pyrrole nitrogens is 1. The Balaban J connectivity index is 2.79. The van der Waals surface area contributed by atoms with Crippen LogP contribution in [0.3, 0.4) is 0 Å². The van der Waals surface area contributed by atoms with Gasteiger partial charge in [-0.1, -0.05) is 17.7 Å². The predicted octanol–water partition coefficient (Wildman–Crippen LogP) is 0.942. The van der Waals surface area contributed by atoms with Crippen LogP contribution in [0.15, 0.2) is 23.0 Å². The highest BCUT2D eigenvalue weighted by molar-refractivity contribution is 6.34. The molecule has 2 rings (SSSR count). The van der Waals surface area contributed by atoms with E-state index in [9.17, 15) is 4.79 Å². The SMILES string of the molecule is NCCn1c(=O)[nH]c2cccc(Cl)c21. The Morgan fingerprint density at radius 3 is 3.00 bits per heavy atom. The number of rotatable bonds is 2. The van der Waals surface area contributed by atoms with Gasteiger partial charge in [0, 0.05) is 13.1 Å². The maximum Gasteiger partial charge on any atom is 0.326 e. The summed E-state index contributed by atoms with van der Waals surface area (Å²) in [6.45, 7) is 0.890. The number of imidazole rings is 1. The van der Waals surface area contributed by atoms with E-state index in [1.807, 2.05) is 6.07 Å². The molecular formula is C9H10ClN3O. The van der Waals surface area contributed by atoms with Crippen molar-refractivity contribution in [2.75, 3.05) is 6.54 Å². The summed E-state index contributed by atoms with van der Waals surface area (Å²) in [4.78, 5) is 14.2. The van der Waals surface area contributed by atoms with Gasteiger partial charge in [0.2, 0.25) is 0 Å². The summed E-state index contributed by atoms with van der Waals surface area (Å²) in [5.74, 6) is 0. The highest BCUT2D eigenvalue weighted by Crippen LogP contribution is 2.20. The van der Waals surface area contributed by atoms with Gasteiger partial charge >= 0.3 is 5.69 Å². The number of halogens is 1. The second kappa shape index (κ2) is 3.48. The van der Waals surface area contributed by atoms with Gasteiger partial charge in [0.25, 0.3) is 0 Å². The van der Waals surface area contributed by atoms with Crippen molar-refractivity contribution in [1.82, 2.24) is 9.55 Å². The van der Waals surface area contributed by atoms with Gasteiger partial charge in [0.05, 0.1) is 16.1 Å². The van der Waals surface area contributed by atoms with Gasteiger partial charge in [0.15, 0.2) is 0 Å². The number of aromatic amines is 1. The molecule has 4 nitrogen and oxygen atoms in total. The topological polar surface area (TPSA) is 63.8 Å². The van der Waals surface area contributed by atoms with Gasteiger partial charge in [-0.2, -0.15) is 0 Å². The molecule has 0 atom stereocenters. The second-order valence-electron chi connectivity index (χ2n) is 3.01. The molecule has 0 bridgehead atoms. The van der Waals surface area contributed by atoms with Crippen LogP contribution < -0.4 is 11.4 Å². The quantitative estimate of drug-likeness (QED) is 0.777. The number of aromatic nitrogens is 2. The van der Waals surface area contributed by atoms with Crippen molar-refractivity contribution in [3.63, 3.8) is 0 Å². The van der Waals surface area contributed by atoms with E-state index in [1.54, 1.807) is 16.7 Å². The number of nitrogens with two attached hydrogens (primary N) is 1. The summed E-state index contributed by atoms with van der Waals surface area (Å²) in [5.41, 5.74) is 6.72. The first kappa shape index (κ1) is 9.30. The van der Waals surface area contributed by atoms with Crippen molar-refractivity contribution in [1.29, 1.82) is 0 Å². The van der Waals surface area contributed by atoms with Crippen LogP contribution in [-0.2, 0) is 6.54 Å². The van der Waals surface area contributed by atoms with Crippen LogP contribution in [0.1, 0.15) is 0 Å². The number of hydrogen-bond donors (Lipinski definition) is 2.